The Hall–Kier alpha value is -3.41. The normalized spacial score (nSPS) is 18.7. The molecule has 0 unspecified atom stereocenters. The van der Waals surface area contributed by atoms with E-state index in [1.807, 2.05) is 6.07 Å². The molecule has 1 N–H and O–H groups in total. The Labute approximate surface area is 156 Å². The van der Waals surface area contributed by atoms with Crippen molar-refractivity contribution in [2.75, 3.05) is 6.54 Å². The maximum absolute atomic E-state index is 12.7. The number of hydrogen-bond acceptors (Lipinski definition) is 5. The Morgan fingerprint density at radius 1 is 1.00 bits per heavy atom. The fourth-order valence-corrected chi connectivity index (χ4v) is 3.24. The summed E-state index contributed by atoms with van der Waals surface area (Å²) < 4.78 is 0. The number of Topliss-reactive ketones (excluding diaryl/α,β-unsaturated/α-hetero) is 1. The zero-order chi connectivity index (χ0) is 19.4. The smallest absolute Gasteiger partial charge is 0.295 e. The summed E-state index contributed by atoms with van der Waals surface area (Å²) in [7, 11) is 0. The van der Waals surface area contributed by atoms with Crippen LogP contribution in [0.3, 0.4) is 0 Å². The van der Waals surface area contributed by atoms with Gasteiger partial charge >= 0.3 is 0 Å². The van der Waals surface area contributed by atoms with Gasteiger partial charge in [0.05, 0.1) is 11.6 Å². The number of aliphatic hydroxyl groups is 1. The summed E-state index contributed by atoms with van der Waals surface area (Å²) in [6.45, 7) is 0.0731. The Bertz CT molecular complexity index is 889. The second-order valence-corrected chi connectivity index (χ2v) is 6.24. The van der Waals surface area contributed by atoms with Crippen molar-refractivity contribution in [3.8, 4) is 0 Å². The van der Waals surface area contributed by atoms with Crippen LogP contribution in [-0.4, -0.2) is 34.2 Å². The van der Waals surface area contributed by atoms with Crippen LogP contribution in [-0.2, 0) is 14.4 Å². The molecule has 1 aliphatic heterocycles. The van der Waals surface area contributed by atoms with Gasteiger partial charge in [-0.05, 0) is 18.4 Å². The highest BCUT2D eigenvalue weighted by molar-refractivity contribution is 6.46. The number of amides is 1. The van der Waals surface area contributed by atoms with Crippen LogP contribution >= 0.6 is 0 Å². The van der Waals surface area contributed by atoms with E-state index < -0.39 is 23.7 Å². The molecule has 3 rings (SSSR count). The molecule has 6 heteroatoms. The number of likely N-dealkylation sites (tertiary alicyclic amines) is 1. The molecule has 1 aliphatic rings. The topological polar surface area (TPSA) is 97.7 Å². The molecule has 27 heavy (non-hydrogen) atoms. The summed E-state index contributed by atoms with van der Waals surface area (Å²) in [6.07, 6.45) is -0.0622. The van der Waals surface area contributed by atoms with Gasteiger partial charge in [0.2, 0.25) is 0 Å². The van der Waals surface area contributed by atoms with Crippen LogP contribution in [0, 0.1) is 0 Å². The molecule has 2 aromatic carbocycles. The number of carbonyl (C=O) groups is 3. The lowest BCUT2D eigenvalue weighted by Gasteiger charge is -2.25. The van der Waals surface area contributed by atoms with Crippen LogP contribution < -0.4 is 5.11 Å². The van der Waals surface area contributed by atoms with Crippen molar-refractivity contribution in [3.05, 3.63) is 77.4 Å². The van der Waals surface area contributed by atoms with E-state index in [9.17, 15) is 24.6 Å². The number of ketones is 1. The number of nitrogens with zero attached hydrogens (tertiary/aromatic N) is 1. The highest BCUT2D eigenvalue weighted by Gasteiger charge is 2.45. The zero-order valence-corrected chi connectivity index (χ0v) is 14.5. The van der Waals surface area contributed by atoms with Crippen molar-refractivity contribution in [2.24, 2.45) is 0 Å². The number of carbonyl (C=O) groups excluding carboxylic acids is 3. The van der Waals surface area contributed by atoms with Crippen molar-refractivity contribution in [1.29, 1.82) is 0 Å². The maximum atomic E-state index is 12.7. The third kappa shape index (κ3) is 3.74. The number of carboxylic acid groups (broad SMARTS) is 1. The molecule has 0 saturated carbocycles. The molecule has 1 atom stereocenters. The van der Waals surface area contributed by atoms with Gasteiger partial charge in [-0.2, -0.15) is 0 Å². The van der Waals surface area contributed by atoms with Crippen molar-refractivity contribution in [3.63, 3.8) is 0 Å². The van der Waals surface area contributed by atoms with Crippen LogP contribution in [0.2, 0.25) is 0 Å². The van der Waals surface area contributed by atoms with Crippen LogP contribution in [0.1, 0.15) is 30.0 Å². The number of benzene rings is 2. The molecule has 0 radical (unpaired) electrons. The molecule has 2 aromatic rings. The van der Waals surface area contributed by atoms with Gasteiger partial charge < -0.3 is 19.9 Å². The van der Waals surface area contributed by atoms with E-state index in [4.69, 9.17) is 0 Å². The highest BCUT2D eigenvalue weighted by atomic mass is 16.4. The fourth-order valence-electron chi connectivity index (χ4n) is 3.24. The van der Waals surface area contributed by atoms with Crippen LogP contribution in [0.25, 0.3) is 5.76 Å². The number of aliphatic hydroxyl groups excluding tert-OH is 1. The fraction of sp³-hybridized carbons (Fsp3) is 0.190. The predicted molar refractivity (Wildman–Crippen MR) is 96.1 cm³/mol. The lowest BCUT2D eigenvalue weighted by molar-refractivity contribution is -0.305. The second kappa shape index (κ2) is 7.86. The molecular formula is C21H18NO5-. The van der Waals surface area contributed by atoms with Crippen LogP contribution in [0.15, 0.2) is 66.2 Å². The van der Waals surface area contributed by atoms with Gasteiger partial charge in [0.1, 0.15) is 5.76 Å². The largest absolute Gasteiger partial charge is 0.550 e. The summed E-state index contributed by atoms with van der Waals surface area (Å²) in [5.41, 5.74) is 1.11. The van der Waals surface area contributed by atoms with Gasteiger partial charge in [0, 0.05) is 18.1 Å². The summed E-state index contributed by atoms with van der Waals surface area (Å²) >= 11 is 0. The molecule has 0 aliphatic carbocycles. The van der Waals surface area contributed by atoms with E-state index in [2.05, 4.69) is 0 Å². The quantitative estimate of drug-likeness (QED) is 0.477. The van der Waals surface area contributed by atoms with Crippen molar-refractivity contribution in [1.82, 2.24) is 4.90 Å². The average Bonchev–Trinajstić information content (AvgIpc) is 2.93. The van der Waals surface area contributed by atoms with Gasteiger partial charge in [-0.15, -0.1) is 0 Å². The summed E-state index contributed by atoms with van der Waals surface area (Å²) in [6, 6.07) is 16.7. The Kier molecular flexibility index (Phi) is 5.35. The molecule has 6 nitrogen and oxygen atoms in total. The highest BCUT2D eigenvalue weighted by Crippen LogP contribution is 2.39. The molecule has 1 fully saturated rings. The van der Waals surface area contributed by atoms with Crippen molar-refractivity contribution >= 4 is 23.4 Å². The number of hydrogen-bond donors (Lipinski definition) is 1. The first-order valence-electron chi connectivity index (χ1n) is 8.59. The maximum Gasteiger partial charge on any atom is 0.295 e. The molecule has 0 spiro atoms. The minimum Gasteiger partial charge on any atom is -0.550 e. The van der Waals surface area contributed by atoms with E-state index in [-0.39, 0.29) is 30.7 Å². The standard InChI is InChI=1S/C21H19NO5/c23-16(24)12-7-13-22-18(14-8-3-1-4-9-14)17(20(26)21(22)27)19(25)15-10-5-2-6-11-15/h1-6,8-11,18,25H,7,12-13H2,(H,23,24)/p-1/t18-/m0/s1. The Morgan fingerprint density at radius 2 is 1.59 bits per heavy atom. The zero-order valence-electron chi connectivity index (χ0n) is 14.5. The third-order valence-electron chi connectivity index (χ3n) is 4.48. The van der Waals surface area contributed by atoms with E-state index >= 15 is 0 Å². The van der Waals surface area contributed by atoms with Gasteiger partial charge in [-0.1, -0.05) is 60.7 Å². The number of aliphatic carboxylic acids is 1. The monoisotopic (exact) mass is 364 g/mol. The molecule has 0 bridgehead atoms. The van der Waals surface area contributed by atoms with Gasteiger partial charge in [0.15, 0.2) is 0 Å². The van der Waals surface area contributed by atoms with Gasteiger partial charge in [-0.25, -0.2) is 0 Å². The lowest BCUT2D eigenvalue weighted by atomic mass is 9.95. The minimum absolute atomic E-state index is 0.00542. The predicted octanol–water partition coefficient (Wildman–Crippen LogP) is 1.64. The molecule has 1 saturated heterocycles. The number of carboxylic acids is 1. The van der Waals surface area contributed by atoms with E-state index in [0.29, 0.717) is 11.1 Å². The first-order valence-corrected chi connectivity index (χ1v) is 8.59. The van der Waals surface area contributed by atoms with Crippen molar-refractivity contribution < 1.29 is 24.6 Å². The van der Waals surface area contributed by atoms with Gasteiger partial charge in [-0.3, -0.25) is 9.59 Å². The Morgan fingerprint density at radius 3 is 2.19 bits per heavy atom. The van der Waals surface area contributed by atoms with E-state index in [1.54, 1.807) is 54.6 Å². The number of rotatable bonds is 6. The van der Waals surface area contributed by atoms with Crippen LogP contribution in [0.5, 0.6) is 0 Å². The first kappa shape index (κ1) is 18.4. The minimum atomic E-state index is -1.22. The molecule has 138 valence electrons. The van der Waals surface area contributed by atoms with E-state index in [0.717, 1.165) is 0 Å². The molecule has 0 aromatic heterocycles. The van der Waals surface area contributed by atoms with Crippen LogP contribution in [0.4, 0.5) is 0 Å². The second-order valence-electron chi connectivity index (χ2n) is 6.24. The first-order chi connectivity index (χ1) is 13.0. The summed E-state index contributed by atoms with van der Waals surface area (Å²) in [5, 5.41) is 21.4. The molecule has 1 heterocycles. The summed E-state index contributed by atoms with van der Waals surface area (Å²) in [5.74, 6) is -2.99. The Balaban J connectivity index is 2.07. The van der Waals surface area contributed by atoms with Gasteiger partial charge in [0.25, 0.3) is 11.7 Å². The third-order valence-corrected chi connectivity index (χ3v) is 4.48. The van der Waals surface area contributed by atoms with Crippen molar-refractivity contribution in [2.45, 2.75) is 18.9 Å². The van der Waals surface area contributed by atoms with E-state index in [1.165, 1.54) is 4.90 Å². The SMILES string of the molecule is O=C([O-])CCCN1C(=O)C(=O)C(=C(O)c2ccccc2)[C@@H]1c1ccccc1. The molecule has 1 amide bonds. The average molecular weight is 364 g/mol. The summed E-state index contributed by atoms with van der Waals surface area (Å²) in [4.78, 5) is 37.3. The lowest BCUT2D eigenvalue weighted by Crippen LogP contribution is -2.32. The molecular weight excluding hydrogens is 346 g/mol.